The number of thiazole rings is 1. The number of anilines is 2. The van der Waals surface area contributed by atoms with Crippen molar-refractivity contribution in [3.05, 3.63) is 53.3 Å². The van der Waals surface area contributed by atoms with Crippen LogP contribution in [0.1, 0.15) is 17.5 Å². The fourth-order valence-electron chi connectivity index (χ4n) is 2.47. The van der Waals surface area contributed by atoms with Gasteiger partial charge < -0.3 is 11.1 Å². The molecule has 2 heterocycles. The van der Waals surface area contributed by atoms with Crippen molar-refractivity contribution in [2.75, 3.05) is 10.0 Å². The highest BCUT2D eigenvalue weighted by Gasteiger charge is 2.20. The number of primary amides is 1. The predicted molar refractivity (Wildman–Crippen MR) is 123 cm³/mol. The number of rotatable bonds is 9. The molecule has 3 aromatic rings. The minimum atomic E-state index is -3.86. The second kappa shape index (κ2) is 10.1. The van der Waals surface area contributed by atoms with E-state index in [0.29, 0.717) is 10.0 Å². The van der Waals surface area contributed by atoms with Crippen LogP contribution in [0.3, 0.4) is 0 Å². The molecule has 0 saturated carbocycles. The second-order valence-corrected chi connectivity index (χ2v) is 10.9. The number of aromatic nitrogens is 3. The molecular formula is C19H20N6O4S3. The van der Waals surface area contributed by atoms with Gasteiger partial charge in [-0.2, -0.15) is 0 Å². The zero-order valence-electron chi connectivity index (χ0n) is 17.1. The Balaban J connectivity index is 1.61. The number of nitrogens with one attached hydrogen (secondary N) is 2. The molecule has 2 amide bonds. The van der Waals surface area contributed by atoms with Crippen molar-refractivity contribution < 1.29 is 18.0 Å². The van der Waals surface area contributed by atoms with Crippen LogP contribution in [0.25, 0.3) is 0 Å². The van der Waals surface area contributed by atoms with Crippen LogP contribution < -0.4 is 15.8 Å². The molecule has 4 N–H and O–H groups in total. The fraction of sp³-hybridized carbons (Fsp3) is 0.211. The van der Waals surface area contributed by atoms with E-state index in [1.54, 1.807) is 19.9 Å². The normalized spacial score (nSPS) is 12.2. The van der Waals surface area contributed by atoms with Crippen LogP contribution in [0.15, 0.2) is 52.0 Å². The van der Waals surface area contributed by atoms with E-state index < -0.39 is 21.2 Å². The van der Waals surface area contributed by atoms with Gasteiger partial charge in [-0.05, 0) is 44.2 Å². The summed E-state index contributed by atoms with van der Waals surface area (Å²) in [6.45, 7) is 3.52. The van der Waals surface area contributed by atoms with Gasteiger partial charge >= 0.3 is 0 Å². The van der Waals surface area contributed by atoms with Crippen LogP contribution >= 0.6 is 23.1 Å². The third-order valence-electron chi connectivity index (χ3n) is 4.08. The fourth-order valence-corrected chi connectivity index (χ4v) is 5.82. The Morgan fingerprint density at radius 3 is 2.47 bits per heavy atom. The molecule has 2 aromatic heterocycles. The third-order valence-corrected chi connectivity index (χ3v) is 7.77. The maximum absolute atomic E-state index is 12.5. The molecule has 10 nitrogen and oxygen atoms in total. The van der Waals surface area contributed by atoms with Crippen LogP contribution in [0.2, 0.25) is 0 Å². The zero-order chi connectivity index (χ0) is 23.3. The van der Waals surface area contributed by atoms with Crippen molar-refractivity contribution in [3.63, 3.8) is 0 Å². The van der Waals surface area contributed by atoms with Crippen LogP contribution in [-0.4, -0.2) is 40.4 Å². The smallest absolute Gasteiger partial charge is 0.264 e. The average molecular weight is 493 g/mol. The minimum absolute atomic E-state index is 0.00520. The number of nitrogens with zero attached hydrogens (tertiary/aromatic N) is 3. The lowest BCUT2D eigenvalue weighted by molar-refractivity contribution is -0.117. The number of carbonyl (C=O) groups excluding carboxylic acids is 2. The number of thioether (sulfide) groups is 1. The molecule has 0 unspecified atom stereocenters. The summed E-state index contributed by atoms with van der Waals surface area (Å²) in [5, 5.41) is 2.28. The van der Waals surface area contributed by atoms with E-state index in [9.17, 15) is 18.0 Å². The Hall–Kier alpha value is -3.03. The summed E-state index contributed by atoms with van der Waals surface area (Å²) < 4.78 is 27.8. The Labute approximate surface area is 193 Å². The number of aryl methyl sites for hydroxylation is 1. The van der Waals surface area contributed by atoms with Gasteiger partial charge in [0.2, 0.25) is 17.8 Å². The lowest BCUT2D eigenvalue weighted by atomic mass is 10.3. The number of nitrogens with two attached hydrogens (primary N) is 1. The van der Waals surface area contributed by atoms with E-state index in [1.165, 1.54) is 59.8 Å². The molecule has 0 aliphatic carbocycles. The molecule has 0 saturated heterocycles. The first kappa shape index (κ1) is 23.6. The molecule has 1 aromatic carbocycles. The van der Waals surface area contributed by atoms with Crippen LogP contribution in [-0.2, 0) is 26.0 Å². The molecule has 0 aliphatic heterocycles. The SMILES string of the molecule is Cc1nc(S[C@@H](C)C(=O)Nc2ccc(S(=O)(=O)Nc3ncccn3)cc2)sc1CC(N)=O. The summed E-state index contributed by atoms with van der Waals surface area (Å²) in [7, 11) is -3.86. The van der Waals surface area contributed by atoms with E-state index in [4.69, 9.17) is 5.73 Å². The summed E-state index contributed by atoms with van der Waals surface area (Å²) >= 11 is 2.60. The summed E-state index contributed by atoms with van der Waals surface area (Å²) in [6, 6.07) is 7.31. The third kappa shape index (κ3) is 6.24. The van der Waals surface area contributed by atoms with Crippen molar-refractivity contribution in [1.29, 1.82) is 0 Å². The van der Waals surface area contributed by atoms with Crippen LogP contribution in [0, 0.1) is 6.92 Å². The van der Waals surface area contributed by atoms with Gasteiger partial charge in [-0.3, -0.25) is 9.59 Å². The van der Waals surface area contributed by atoms with Crippen LogP contribution in [0.5, 0.6) is 0 Å². The molecule has 168 valence electrons. The lowest BCUT2D eigenvalue weighted by Gasteiger charge is -2.11. The first-order valence-electron chi connectivity index (χ1n) is 9.26. The van der Waals surface area contributed by atoms with E-state index in [-0.39, 0.29) is 23.2 Å². The molecular weight excluding hydrogens is 472 g/mol. The van der Waals surface area contributed by atoms with Gasteiger partial charge in [0, 0.05) is 23.0 Å². The van der Waals surface area contributed by atoms with Crippen molar-refractivity contribution in [2.24, 2.45) is 5.73 Å². The topological polar surface area (TPSA) is 157 Å². The maximum atomic E-state index is 12.5. The van der Waals surface area contributed by atoms with Gasteiger partial charge in [0.15, 0.2) is 4.34 Å². The van der Waals surface area contributed by atoms with Crippen LogP contribution in [0.4, 0.5) is 11.6 Å². The standard InChI is InChI=1S/C19H20N6O4S3/c1-11-15(10-16(20)26)31-19(23-11)30-12(2)17(27)24-13-4-6-14(7-5-13)32(28,29)25-18-21-8-3-9-22-18/h3-9,12H,10H2,1-2H3,(H2,20,26)(H,24,27)(H,21,22,25)/t12-/m0/s1. The molecule has 32 heavy (non-hydrogen) atoms. The van der Waals surface area contributed by atoms with Gasteiger partial charge in [-0.15, -0.1) is 11.3 Å². The number of sulfonamides is 1. The summed E-state index contributed by atoms with van der Waals surface area (Å²) in [4.78, 5) is 36.5. The van der Waals surface area contributed by atoms with Crippen molar-refractivity contribution in [3.8, 4) is 0 Å². The Bertz CT molecular complexity index is 1210. The van der Waals surface area contributed by atoms with Crippen molar-refractivity contribution in [2.45, 2.75) is 34.8 Å². The molecule has 0 radical (unpaired) electrons. The van der Waals surface area contributed by atoms with Gasteiger partial charge in [0.05, 0.1) is 22.3 Å². The number of amides is 2. The highest BCUT2D eigenvalue weighted by atomic mass is 32.2. The zero-order valence-corrected chi connectivity index (χ0v) is 19.6. The predicted octanol–water partition coefficient (Wildman–Crippen LogP) is 2.19. The maximum Gasteiger partial charge on any atom is 0.264 e. The number of carbonyl (C=O) groups is 2. The molecule has 0 bridgehead atoms. The number of hydrogen-bond donors (Lipinski definition) is 3. The molecule has 3 rings (SSSR count). The first-order chi connectivity index (χ1) is 15.1. The molecule has 1 atom stereocenters. The largest absolute Gasteiger partial charge is 0.369 e. The highest BCUT2D eigenvalue weighted by molar-refractivity contribution is 8.02. The Kier molecular flexibility index (Phi) is 7.43. The lowest BCUT2D eigenvalue weighted by Crippen LogP contribution is -2.22. The monoisotopic (exact) mass is 492 g/mol. The number of hydrogen-bond acceptors (Lipinski definition) is 9. The Morgan fingerprint density at radius 1 is 1.19 bits per heavy atom. The highest BCUT2D eigenvalue weighted by Crippen LogP contribution is 2.31. The average Bonchev–Trinajstić information content (AvgIpc) is 3.06. The van der Waals surface area contributed by atoms with Gasteiger partial charge in [0.1, 0.15) is 0 Å². The molecule has 13 heteroatoms. The van der Waals surface area contributed by atoms with E-state index >= 15 is 0 Å². The molecule has 0 spiro atoms. The summed E-state index contributed by atoms with van der Waals surface area (Å²) in [6.07, 6.45) is 2.97. The van der Waals surface area contributed by atoms with E-state index in [1.807, 2.05) is 0 Å². The van der Waals surface area contributed by atoms with E-state index in [0.717, 1.165) is 10.6 Å². The van der Waals surface area contributed by atoms with Gasteiger partial charge in [-0.25, -0.2) is 28.1 Å². The van der Waals surface area contributed by atoms with E-state index in [2.05, 4.69) is 25.0 Å². The Morgan fingerprint density at radius 2 is 1.84 bits per heavy atom. The van der Waals surface area contributed by atoms with Crippen molar-refractivity contribution >= 4 is 56.6 Å². The van der Waals surface area contributed by atoms with Crippen molar-refractivity contribution in [1.82, 2.24) is 15.0 Å². The quantitative estimate of drug-likeness (QED) is 0.384. The minimum Gasteiger partial charge on any atom is -0.369 e. The van der Waals surface area contributed by atoms with Gasteiger partial charge in [0.25, 0.3) is 10.0 Å². The summed E-state index contributed by atoms with van der Waals surface area (Å²) in [5.41, 5.74) is 6.40. The van der Waals surface area contributed by atoms with Gasteiger partial charge in [-0.1, -0.05) is 11.8 Å². The molecule has 0 aliphatic rings. The first-order valence-corrected chi connectivity index (χ1v) is 12.4. The number of benzene rings is 1. The summed E-state index contributed by atoms with van der Waals surface area (Å²) in [5.74, 6) is -0.742. The molecule has 0 fully saturated rings. The second-order valence-electron chi connectivity index (χ2n) is 6.58.